The highest BCUT2D eigenvalue weighted by Crippen LogP contribution is 2.49. The lowest BCUT2D eigenvalue weighted by atomic mass is 9.93. The summed E-state index contributed by atoms with van der Waals surface area (Å²) in [6.07, 6.45) is 7.07. The first-order valence-corrected chi connectivity index (χ1v) is 10.4. The lowest BCUT2D eigenvalue weighted by molar-refractivity contribution is 0.388. The van der Waals surface area contributed by atoms with E-state index in [-0.39, 0.29) is 4.75 Å². The number of benzene rings is 1. The fourth-order valence-corrected chi connectivity index (χ4v) is 5.13. The van der Waals surface area contributed by atoms with E-state index in [1.54, 1.807) is 0 Å². The molecule has 3 nitrogen and oxygen atoms in total. The van der Waals surface area contributed by atoms with Crippen molar-refractivity contribution in [2.24, 2.45) is 0 Å². The second-order valence-electron chi connectivity index (χ2n) is 6.86. The second-order valence-corrected chi connectivity index (χ2v) is 8.38. The molecule has 0 spiro atoms. The number of nitrogens with zero attached hydrogens (tertiary/aromatic N) is 2. The van der Waals surface area contributed by atoms with Gasteiger partial charge in [0.05, 0.1) is 10.8 Å². The van der Waals surface area contributed by atoms with Crippen LogP contribution in [0.3, 0.4) is 0 Å². The Labute approximate surface area is 157 Å². The van der Waals surface area contributed by atoms with Crippen molar-refractivity contribution in [3.05, 3.63) is 42.1 Å². The van der Waals surface area contributed by atoms with Crippen LogP contribution in [0.2, 0.25) is 0 Å². The SMILES string of the molecule is CCN(CC)C1=C[C@@]2(C)Sc3cc(N(CC)CC)ccc3NC2C=C1. The van der Waals surface area contributed by atoms with Crippen LogP contribution < -0.4 is 10.2 Å². The molecule has 0 amide bonds. The van der Waals surface area contributed by atoms with Crippen molar-refractivity contribution < 1.29 is 0 Å². The van der Waals surface area contributed by atoms with Crippen molar-refractivity contribution in [2.45, 2.75) is 50.3 Å². The lowest BCUT2D eigenvalue weighted by Gasteiger charge is -2.43. The summed E-state index contributed by atoms with van der Waals surface area (Å²) < 4.78 is 0.0432. The van der Waals surface area contributed by atoms with E-state index in [9.17, 15) is 0 Å². The van der Waals surface area contributed by atoms with Gasteiger partial charge in [-0.25, -0.2) is 0 Å². The molecule has 0 radical (unpaired) electrons. The van der Waals surface area contributed by atoms with Crippen LogP contribution in [0.15, 0.2) is 47.0 Å². The highest BCUT2D eigenvalue weighted by Gasteiger charge is 2.39. The molecule has 0 fully saturated rings. The highest BCUT2D eigenvalue weighted by molar-refractivity contribution is 8.01. The van der Waals surface area contributed by atoms with Crippen molar-refractivity contribution in [1.29, 1.82) is 0 Å². The molecule has 136 valence electrons. The molecular weight excluding hydrogens is 326 g/mol. The fourth-order valence-electron chi connectivity index (χ4n) is 3.79. The van der Waals surface area contributed by atoms with Gasteiger partial charge in [-0.1, -0.05) is 6.08 Å². The zero-order valence-electron chi connectivity index (χ0n) is 16.2. The number of nitrogens with one attached hydrogen (secondary N) is 1. The maximum Gasteiger partial charge on any atom is 0.0632 e. The molecule has 0 aromatic heterocycles. The fraction of sp³-hybridized carbons (Fsp3) is 0.524. The van der Waals surface area contributed by atoms with E-state index >= 15 is 0 Å². The van der Waals surface area contributed by atoms with E-state index in [4.69, 9.17) is 0 Å². The second kappa shape index (κ2) is 7.36. The standard InChI is InChI=1S/C21H31N3S/c1-6-23(7-2)16-10-12-18-19(14-16)25-21(5)15-17(24(8-3)9-4)11-13-20(21)22-18/h10-15,20,22H,6-9H2,1-5H3/t20?,21-/m1/s1. The van der Waals surface area contributed by atoms with Crippen molar-refractivity contribution in [2.75, 3.05) is 36.4 Å². The number of fused-ring (bicyclic) bond motifs is 2. The van der Waals surface area contributed by atoms with E-state index < -0.39 is 0 Å². The number of anilines is 2. The molecule has 1 aliphatic heterocycles. The molecule has 1 unspecified atom stereocenters. The minimum Gasteiger partial charge on any atom is -0.376 e. The Bertz CT molecular complexity index is 674. The van der Waals surface area contributed by atoms with Crippen LogP contribution in [0.4, 0.5) is 11.4 Å². The van der Waals surface area contributed by atoms with E-state index in [1.165, 1.54) is 22.0 Å². The van der Waals surface area contributed by atoms with Crippen molar-refractivity contribution in [3.8, 4) is 0 Å². The molecule has 1 heterocycles. The van der Waals surface area contributed by atoms with Crippen LogP contribution in [0.5, 0.6) is 0 Å². The Morgan fingerprint density at radius 1 is 1.04 bits per heavy atom. The third-order valence-electron chi connectivity index (χ3n) is 5.37. The van der Waals surface area contributed by atoms with Gasteiger partial charge in [0.1, 0.15) is 0 Å². The van der Waals surface area contributed by atoms with Gasteiger partial charge >= 0.3 is 0 Å². The molecule has 1 aromatic carbocycles. The van der Waals surface area contributed by atoms with Crippen molar-refractivity contribution in [3.63, 3.8) is 0 Å². The summed E-state index contributed by atoms with van der Waals surface area (Å²) in [6.45, 7) is 15.4. The first-order chi connectivity index (χ1) is 12.0. The maximum atomic E-state index is 3.75. The summed E-state index contributed by atoms with van der Waals surface area (Å²) in [5.74, 6) is 0. The quantitative estimate of drug-likeness (QED) is 0.774. The van der Waals surface area contributed by atoms with Crippen LogP contribution in [0.1, 0.15) is 34.6 Å². The lowest BCUT2D eigenvalue weighted by Crippen LogP contribution is -2.44. The Morgan fingerprint density at radius 2 is 1.72 bits per heavy atom. The number of rotatable bonds is 6. The van der Waals surface area contributed by atoms with Gasteiger partial charge in [0.25, 0.3) is 0 Å². The number of likely N-dealkylation sites (N-methyl/N-ethyl adjacent to an activating group) is 1. The Morgan fingerprint density at radius 3 is 2.36 bits per heavy atom. The van der Waals surface area contributed by atoms with Gasteiger partial charge in [-0.3, -0.25) is 0 Å². The van der Waals surface area contributed by atoms with Gasteiger partial charge in [0, 0.05) is 48.1 Å². The minimum atomic E-state index is 0.0432. The number of hydrogen-bond acceptors (Lipinski definition) is 4. The molecule has 1 aliphatic carbocycles. The van der Waals surface area contributed by atoms with Crippen LogP contribution in [-0.4, -0.2) is 41.9 Å². The molecule has 0 saturated carbocycles. The minimum absolute atomic E-state index is 0.0432. The molecule has 1 N–H and O–H groups in total. The van der Waals surface area contributed by atoms with Gasteiger partial charge in [-0.05, 0) is 65.0 Å². The number of thioether (sulfide) groups is 1. The largest absolute Gasteiger partial charge is 0.376 e. The molecule has 1 aromatic rings. The molecule has 0 bridgehead atoms. The number of hydrogen-bond donors (Lipinski definition) is 1. The summed E-state index contributed by atoms with van der Waals surface area (Å²) in [5, 5.41) is 3.75. The van der Waals surface area contributed by atoms with E-state index in [0.717, 1.165) is 26.2 Å². The van der Waals surface area contributed by atoms with Crippen molar-refractivity contribution in [1.82, 2.24) is 4.90 Å². The summed E-state index contributed by atoms with van der Waals surface area (Å²) >= 11 is 1.99. The maximum absolute atomic E-state index is 3.75. The zero-order chi connectivity index (χ0) is 18.0. The van der Waals surface area contributed by atoms with Gasteiger partial charge in [-0.15, -0.1) is 11.8 Å². The monoisotopic (exact) mass is 357 g/mol. The Hall–Kier alpha value is -1.55. The van der Waals surface area contributed by atoms with Crippen molar-refractivity contribution >= 4 is 23.1 Å². The summed E-state index contributed by atoms with van der Waals surface area (Å²) in [4.78, 5) is 6.20. The van der Waals surface area contributed by atoms with Crippen LogP contribution in [0.25, 0.3) is 0 Å². The highest BCUT2D eigenvalue weighted by atomic mass is 32.2. The topological polar surface area (TPSA) is 18.5 Å². The van der Waals surface area contributed by atoms with Gasteiger partial charge < -0.3 is 15.1 Å². The Balaban J connectivity index is 1.92. The average molecular weight is 358 g/mol. The third kappa shape index (κ3) is 3.41. The predicted molar refractivity (Wildman–Crippen MR) is 112 cm³/mol. The van der Waals surface area contributed by atoms with E-state index in [2.05, 4.69) is 86.2 Å². The van der Waals surface area contributed by atoms with Crippen LogP contribution in [0, 0.1) is 0 Å². The molecule has 25 heavy (non-hydrogen) atoms. The summed E-state index contributed by atoms with van der Waals surface area (Å²) in [7, 11) is 0. The van der Waals surface area contributed by atoms with Gasteiger partial charge in [0.15, 0.2) is 0 Å². The molecule has 4 heteroatoms. The molecule has 0 saturated heterocycles. The third-order valence-corrected chi connectivity index (χ3v) is 6.74. The Kier molecular flexibility index (Phi) is 5.38. The zero-order valence-corrected chi connectivity index (χ0v) is 17.0. The summed E-state index contributed by atoms with van der Waals surface area (Å²) in [6, 6.07) is 7.17. The number of allylic oxidation sites excluding steroid dienone is 1. The smallest absolute Gasteiger partial charge is 0.0632 e. The normalized spacial score (nSPS) is 24.0. The molecular formula is C21H31N3S. The van der Waals surface area contributed by atoms with Gasteiger partial charge in [-0.2, -0.15) is 0 Å². The van der Waals surface area contributed by atoms with Crippen LogP contribution >= 0.6 is 11.8 Å². The van der Waals surface area contributed by atoms with E-state index in [1.807, 2.05) is 11.8 Å². The van der Waals surface area contributed by atoms with Crippen LogP contribution in [-0.2, 0) is 0 Å². The predicted octanol–water partition coefficient (Wildman–Crippen LogP) is 4.97. The first-order valence-electron chi connectivity index (χ1n) is 9.55. The first kappa shape index (κ1) is 18.2. The average Bonchev–Trinajstić information content (AvgIpc) is 2.61. The summed E-state index contributed by atoms with van der Waals surface area (Å²) in [5.41, 5.74) is 3.92. The van der Waals surface area contributed by atoms with Gasteiger partial charge in [0.2, 0.25) is 0 Å². The molecule has 3 rings (SSSR count). The van der Waals surface area contributed by atoms with E-state index in [0.29, 0.717) is 6.04 Å². The molecule has 2 aliphatic rings. The molecule has 2 atom stereocenters.